The molecule has 4 rings (SSSR count). The number of carbonyl (C=O) groups excluding carboxylic acids is 1. The molecule has 10 heteroatoms. The summed E-state index contributed by atoms with van der Waals surface area (Å²) >= 11 is 0. The molecule has 0 aliphatic carbocycles. The van der Waals surface area contributed by atoms with E-state index < -0.39 is 5.97 Å². The van der Waals surface area contributed by atoms with Crippen molar-refractivity contribution in [3.8, 4) is 34.5 Å². The maximum Gasteiger partial charge on any atom is 0.342 e. The second kappa shape index (κ2) is 10.2. The first-order valence-electron chi connectivity index (χ1n) is 11.4. The molecular weight excluding hydrogens is 474 g/mol. The largest absolute Gasteiger partial charge is 0.496 e. The Morgan fingerprint density at radius 1 is 1.08 bits per heavy atom. The molecule has 0 bridgehead atoms. The van der Waals surface area contributed by atoms with Crippen molar-refractivity contribution in [2.24, 2.45) is 0 Å². The average molecular weight is 502 g/mol. The summed E-state index contributed by atoms with van der Waals surface area (Å²) in [5, 5.41) is 10.4. The Labute approximate surface area is 214 Å². The van der Waals surface area contributed by atoms with Crippen LogP contribution in [0.3, 0.4) is 0 Å². The molecule has 0 saturated heterocycles. The van der Waals surface area contributed by atoms with Crippen LogP contribution >= 0.6 is 0 Å². The van der Waals surface area contributed by atoms with E-state index in [1.807, 2.05) is 26.0 Å². The molecule has 0 aliphatic rings. The second-order valence-corrected chi connectivity index (χ2v) is 8.30. The SMILES string of the molecule is COCOc1cccc(-c2nc(C)nc3c2c(C(=O)OC)c(N)n3-c2c(C)ccc(OC)c2C)c1C#N. The predicted molar refractivity (Wildman–Crippen MR) is 138 cm³/mol. The summed E-state index contributed by atoms with van der Waals surface area (Å²) in [6, 6.07) is 11.1. The summed E-state index contributed by atoms with van der Waals surface area (Å²) < 4.78 is 23.0. The number of nitrogen functional groups attached to an aromatic ring is 1. The maximum atomic E-state index is 13.1. The highest BCUT2D eigenvalue weighted by molar-refractivity contribution is 6.14. The summed E-state index contributed by atoms with van der Waals surface area (Å²) in [4.78, 5) is 22.5. The Hall–Kier alpha value is -4.62. The van der Waals surface area contributed by atoms with Crippen molar-refractivity contribution in [1.82, 2.24) is 14.5 Å². The van der Waals surface area contributed by atoms with Gasteiger partial charge in [0.2, 0.25) is 0 Å². The molecule has 0 atom stereocenters. The van der Waals surface area contributed by atoms with Gasteiger partial charge in [0.1, 0.15) is 40.3 Å². The lowest BCUT2D eigenvalue weighted by Crippen LogP contribution is -2.09. The van der Waals surface area contributed by atoms with E-state index in [9.17, 15) is 10.1 Å². The highest BCUT2D eigenvalue weighted by Crippen LogP contribution is 2.41. The van der Waals surface area contributed by atoms with Crippen molar-refractivity contribution < 1.29 is 23.7 Å². The van der Waals surface area contributed by atoms with E-state index >= 15 is 0 Å². The van der Waals surface area contributed by atoms with Gasteiger partial charge in [-0.2, -0.15) is 5.26 Å². The minimum Gasteiger partial charge on any atom is -0.496 e. The summed E-state index contributed by atoms with van der Waals surface area (Å²) in [6.45, 7) is 5.53. The molecule has 190 valence electrons. The van der Waals surface area contributed by atoms with Gasteiger partial charge in [0, 0.05) is 18.2 Å². The molecule has 2 N–H and O–H groups in total. The van der Waals surface area contributed by atoms with E-state index in [1.54, 1.807) is 36.8 Å². The summed E-state index contributed by atoms with van der Waals surface area (Å²) in [5.41, 5.74) is 10.6. The highest BCUT2D eigenvalue weighted by Gasteiger charge is 2.30. The van der Waals surface area contributed by atoms with E-state index in [1.165, 1.54) is 14.2 Å². The number of fused-ring (bicyclic) bond motifs is 1. The number of carbonyl (C=O) groups is 1. The van der Waals surface area contributed by atoms with Crippen molar-refractivity contribution in [1.29, 1.82) is 5.26 Å². The van der Waals surface area contributed by atoms with Gasteiger partial charge in [-0.1, -0.05) is 18.2 Å². The molecule has 0 radical (unpaired) electrons. The standard InChI is InChI=1S/C27H27N5O5/c1-14-10-11-19(35-5)15(2)24(14)32-25(29)22(27(33)36-6)21-23(30-16(3)31-26(21)32)17-8-7-9-20(18(17)12-28)37-13-34-4/h7-11H,13,29H2,1-6H3. The number of anilines is 1. The van der Waals surface area contributed by atoms with Crippen LogP contribution in [-0.2, 0) is 9.47 Å². The number of nitrogens with two attached hydrogens (primary N) is 1. The molecular formula is C27H27N5O5. The number of rotatable bonds is 7. The number of benzene rings is 2. The summed E-state index contributed by atoms with van der Waals surface area (Å²) in [5.74, 6) is 0.870. The molecule has 2 heterocycles. The highest BCUT2D eigenvalue weighted by atomic mass is 16.7. The summed E-state index contributed by atoms with van der Waals surface area (Å²) in [7, 11) is 4.36. The molecule has 0 fully saturated rings. The topological polar surface area (TPSA) is 135 Å². The first kappa shape index (κ1) is 25.5. The van der Waals surface area contributed by atoms with E-state index in [4.69, 9.17) is 29.7 Å². The first-order valence-corrected chi connectivity index (χ1v) is 11.4. The van der Waals surface area contributed by atoms with Gasteiger partial charge >= 0.3 is 5.97 Å². The van der Waals surface area contributed by atoms with Crippen LogP contribution in [0, 0.1) is 32.1 Å². The molecule has 2 aromatic carbocycles. The number of nitrogens with zero attached hydrogens (tertiary/aromatic N) is 4. The van der Waals surface area contributed by atoms with E-state index in [0.29, 0.717) is 39.6 Å². The molecule has 2 aromatic heterocycles. The Kier molecular flexibility index (Phi) is 7.00. The zero-order chi connectivity index (χ0) is 26.9. The number of methoxy groups -OCH3 is 3. The second-order valence-electron chi connectivity index (χ2n) is 8.30. The number of hydrogen-bond donors (Lipinski definition) is 1. The Bertz CT molecular complexity index is 1570. The Morgan fingerprint density at radius 3 is 2.49 bits per heavy atom. The maximum absolute atomic E-state index is 13.1. The van der Waals surface area contributed by atoms with E-state index in [-0.39, 0.29) is 23.7 Å². The molecule has 37 heavy (non-hydrogen) atoms. The summed E-state index contributed by atoms with van der Waals surface area (Å²) in [6.07, 6.45) is 0. The number of nitriles is 1. The third-order valence-corrected chi connectivity index (χ3v) is 6.10. The van der Waals surface area contributed by atoms with Crippen LogP contribution in [0.4, 0.5) is 5.82 Å². The van der Waals surface area contributed by atoms with Gasteiger partial charge < -0.3 is 24.7 Å². The van der Waals surface area contributed by atoms with E-state index in [0.717, 1.165) is 16.8 Å². The zero-order valence-electron chi connectivity index (χ0n) is 21.5. The van der Waals surface area contributed by atoms with Gasteiger partial charge in [0.25, 0.3) is 0 Å². The lowest BCUT2D eigenvalue weighted by Gasteiger charge is -2.17. The molecule has 10 nitrogen and oxygen atoms in total. The van der Waals surface area contributed by atoms with Crippen molar-refractivity contribution in [3.05, 3.63) is 58.4 Å². The lowest BCUT2D eigenvalue weighted by molar-refractivity contribution is 0.0509. The van der Waals surface area contributed by atoms with Crippen LogP contribution in [0.15, 0.2) is 30.3 Å². The fourth-order valence-corrected chi connectivity index (χ4v) is 4.50. The van der Waals surface area contributed by atoms with Gasteiger partial charge in [-0.15, -0.1) is 0 Å². The fourth-order valence-electron chi connectivity index (χ4n) is 4.50. The van der Waals surface area contributed by atoms with Gasteiger partial charge in [0.15, 0.2) is 12.4 Å². The van der Waals surface area contributed by atoms with Crippen LogP contribution in [0.25, 0.3) is 28.0 Å². The predicted octanol–water partition coefficient (Wildman–Crippen LogP) is 4.24. The van der Waals surface area contributed by atoms with Crippen molar-refractivity contribution in [3.63, 3.8) is 0 Å². The van der Waals surface area contributed by atoms with Gasteiger partial charge in [0.05, 0.1) is 31.0 Å². The van der Waals surface area contributed by atoms with Crippen LogP contribution < -0.4 is 15.2 Å². The number of aryl methyl sites for hydroxylation is 2. The average Bonchev–Trinajstić information content (AvgIpc) is 3.17. The van der Waals surface area contributed by atoms with Crippen LogP contribution in [0.1, 0.15) is 32.9 Å². The molecule has 0 amide bonds. The Morgan fingerprint density at radius 2 is 1.84 bits per heavy atom. The molecule has 4 aromatic rings. The quantitative estimate of drug-likeness (QED) is 0.291. The smallest absolute Gasteiger partial charge is 0.342 e. The first-order chi connectivity index (χ1) is 17.8. The normalized spacial score (nSPS) is 10.8. The lowest BCUT2D eigenvalue weighted by atomic mass is 10.00. The third kappa shape index (κ3) is 4.19. The minimum atomic E-state index is -0.654. The van der Waals surface area contributed by atoms with Gasteiger partial charge in [-0.3, -0.25) is 4.57 Å². The van der Waals surface area contributed by atoms with Crippen molar-refractivity contribution in [2.45, 2.75) is 20.8 Å². The van der Waals surface area contributed by atoms with E-state index in [2.05, 4.69) is 11.1 Å². The fraction of sp³-hybridized carbons (Fsp3) is 0.259. The number of aromatic nitrogens is 3. The third-order valence-electron chi connectivity index (χ3n) is 6.10. The van der Waals surface area contributed by atoms with Gasteiger partial charge in [-0.25, -0.2) is 14.8 Å². The minimum absolute atomic E-state index is 0.0402. The van der Waals surface area contributed by atoms with Crippen molar-refractivity contribution >= 4 is 22.8 Å². The van der Waals surface area contributed by atoms with Crippen LogP contribution in [-0.4, -0.2) is 48.6 Å². The number of esters is 1. The van der Waals surface area contributed by atoms with Crippen LogP contribution in [0.2, 0.25) is 0 Å². The number of ether oxygens (including phenoxy) is 4. The molecule has 0 spiro atoms. The molecule has 0 aliphatic heterocycles. The van der Waals surface area contributed by atoms with Gasteiger partial charge in [-0.05, 0) is 38.5 Å². The number of hydrogen-bond acceptors (Lipinski definition) is 9. The molecule has 0 unspecified atom stereocenters. The zero-order valence-corrected chi connectivity index (χ0v) is 21.5. The monoisotopic (exact) mass is 501 g/mol. The Balaban J connectivity index is 2.18. The van der Waals surface area contributed by atoms with Crippen molar-refractivity contribution in [2.75, 3.05) is 33.9 Å². The van der Waals surface area contributed by atoms with Crippen LogP contribution in [0.5, 0.6) is 11.5 Å². The molecule has 0 saturated carbocycles.